The summed E-state index contributed by atoms with van der Waals surface area (Å²) in [5.41, 5.74) is -4.88. The average Bonchev–Trinajstić information content (AvgIpc) is 3.66. The van der Waals surface area contributed by atoms with Crippen LogP contribution in [0.5, 0.6) is 0 Å². The van der Waals surface area contributed by atoms with Gasteiger partial charge in [-0.2, -0.15) is 4.98 Å². The Hall–Kier alpha value is -2.76. The van der Waals surface area contributed by atoms with Gasteiger partial charge in [0.05, 0.1) is 0 Å². The largest absolute Gasteiger partial charge is 0.756 e. The fourth-order valence-electron chi connectivity index (χ4n) is 7.57. The van der Waals surface area contributed by atoms with E-state index in [9.17, 15) is 38.9 Å². The van der Waals surface area contributed by atoms with E-state index in [4.69, 9.17) is 14.0 Å². The SMILES string of the molecule is CCCCCCCCCCCCCCCCCCNc1ccn(C2OC(C(C)(OP(=O)([O-])O)C3OC(n4cc(C)c(=O)[nH]c4=O)CC3F)C(O)C2O)c(=O)n1. The van der Waals surface area contributed by atoms with Crippen LogP contribution in [-0.4, -0.2) is 76.9 Å². The molecule has 0 amide bonds. The van der Waals surface area contributed by atoms with Crippen molar-refractivity contribution >= 4 is 13.6 Å². The highest BCUT2D eigenvalue weighted by Gasteiger charge is 2.61. The summed E-state index contributed by atoms with van der Waals surface area (Å²) in [6.07, 6.45) is 9.38. The van der Waals surface area contributed by atoms with Crippen molar-refractivity contribution in [1.82, 2.24) is 19.1 Å². The number of aromatic nitrogens is 4. The van der Waals surface area contributed by atoms with Crippen molar-refractivity contribution in [3.8, 4) is 0 Å². The zero-order valence-corrected chi connectivity index (χ0v) is 33.2. The van der Waals surface area contributed by atoms with Gasteiger partial charge >= 0.3 is 11.4 Å². The fraction of sp³-hybridized carbons (Fsp3) is 0.784. The number of aryl methyl sites for hydroxylation is 1. The van der Waals surface area contributed by atoms with Gasteiger partial charge in [0.1, 0.15) is 48.2 Å². The van der Waals surface area contributed by atoms with Crippen LogP contribution in [0.15, 0.2) is 32.8 Å². The van der Waals surface area contributed by atoms with Crippen LogP contribution >= 0.6 is 7.82 Å². The smallest absolute Gasteiger partial charge is 0.351 e. The number of unbranched alkanes of at least 4 members (excludes halogenated alkanes) is 15. The molecule has 2 aliphatic rings. The van der Waals surface area contributed by atoms with E-state index in [1.165, 1.54) is 103 Å². The lowest BCUT2D eigenvalue weighted by atomic mass is 9.86. The summed E-state index contributed by atoms with van der Waals surface area (Å²) in [7, 11) is -5.70. The summed E-state index contributed by atoms with van der Waals surface area (Å²) in [4.78, 5) is 65.2. The Bertz CT molecular complexity index is 1720. The number of nitrogens with zero attached hydrogens (tertiary/aromatic N) is 3. The summed E-state index contributed by atoms with van der Waals surface area (Å²) in [5, 5.41) is 25.2. The number of aliphatic hydroxyl groups excluding tert-OH is 2. The molecule has 2 fully saturated rings. The molecule has 312 valence electrons. The fourth-order valence-corrected chi connectivity index (χ4v) is 8.28. The highest BCUT2D eigenvalue weighted by molar-refractivity contribution is 7.44. The number of rotatable bonds is 24. The van der Waals surface area contributed by atoms with Gasteiger partial charge in [0.15, 0.2) is 6.23 Å². The number of ether oxygens (including phenoxy) is 2. The van der Waals surface area contributed by atoms with E-state index >= 15 is 4.39 Å². The quantitative estimate of drug-likeness (QED) is 0.0740. The Kier molecular flexibility index (Phi) is 17.3. The summed E-state index contributed by atoms with van der Waals surface area (Å²) in [6.45, 7) is 5.23. The molecule has 0 bridgehead atoms. The van der Waals surface area contributed by atoms with Gasteiger partial charge in [-0.25, -0.2) is 14.0 Å². The van der Waals surface area contributed by atoms with Crippen LogP contribution in [0, 0.1) is 6.92 Å². The maximum atomic E-state index is 15.7. The Morgan fingerprint density at radius 1 is 0.945 bits per heavy atom. The van der Waals surface area contributed by atoms with Gasteiger partial charge in [-0.05, 0) is 26.3 Å². The third kappa shape index (κ3) is 12.6. The highest BCUT2D eigenvalue weighted by atomic mass is 31.2. The molecule has 9 unspecified atom stereocenters. The molecule has 4 heterocycles. The van der Waals surface area contributed by atoms with Gasteiger partial charge < -0.3 is 39.3 Å². The van der Waals surface area contributed by atoms with Crippen LogP contribution in [0.25, 0.3) is 0 Å². The van der Waals surface area contributed by atoms with Crippen LogP contribution in [0.3, 0.4) is 0 Å². The minimum absolute atomic E-state index is 0.112. The second-order valence-corrected chi connectivity index (χ2v) is 16.3. The molecule has 0 saturated carbocycles. The van der Waals surface area contributed by atoms with Gasteiger partial charge in [-0.15, -0.1) is 0 Å². The third-order valence-corrected chi connectivity index (χ3v) is 11.3. The number of aliphatic hydroxyl groups is 2. The Balaban J connectivity index is 1.26. The van der Waals surface area contributed by atoms with Gasteiger partial charge in [0, 0.05) is 30.9 Å². The van der Waals surface area contributed by atoms with E-state index in [0.29, 0.717) is 6.54 Å². The third-order valence-electron chi connectivity index (χ3n) is 10.6. The van der Waals surface area contributed by atoms with Gasteiger partial charge in [-0.1, -0.05) is 103 Å². The van der Waals surface area contributed by atoms with Crippen LogP contribution < -0.4 is 27.1 Å². The molecule has 0 radical (unpaired) electrons. The van der Waals surface area contributed by atoms with Crippen molar-refractivity contribution in [3.63, 3.8) is 0 Å². The molecule has 0 aromatic carbocycles. The summed E-state index contributed by atoms with van der Waals surface area (Å²) in [5.74, 6) is 0.283. The van der Waals surface area contributed by atoms with E-state index < -0.39 is 79.8 Å². The van der Waals surface area contributed by atoms with Crippen molar-refractivity contribution in [2.75, 3.05) is 11.9 Å². The molecule has 9 atom stereocenters. The molecule has 2 saturated heterocycles. The molecular formula is C37H60FN5O11P-. The number of aromatic amines is 1. The second kappa shape index (κ2) is 21.1. The van der Waals surface area contributed by atoms with E-state index in [1.54, 1.807) is 0 Å². The molecular weight excluding hydrogens is 740 g/mol. The Morgan fingerprint density at radius 2 is 1.51 bits per heavy atom. The maximum Gasteiger partial charge on any atom is 0.351 e. The Morgan fingerprint density at radius 3 is 2.05 bits per heavy atom. The summed E-state index contributed by atoms with van der Waals surface area (Å²) < 4.78 is 46.0. The number of alkyl halides is 1. The lowest BCUT2D eigenvalue weighted by Crippen LogP contribution is -2.58. The standard InChI is InChI=1S/C37H61FN5O11P/c1-4-5-6-7-8-9-10-11-12-13-14-15-16-17-18-19-21-39-27-20-22-42(35(47)40-27)34-30(45)29(44)32(53-34)37(3,54-55(49,50)51)31-26(38)23-28(52-31)43-24-25(2)33(46)41-36(43)48/h20,22,24,26,28-32,34,44-45H,4-19,21,23H2,1-3H3,(H,39,40,47)(H,41,46,48)(H2,49,50,51)/p-1. The minimum atomic E-state index is -5.70. The normalized spacial score (nSPS) is 26.2. The zero-order chi connectivity index (χ0) is 40.2. The number of hydrogen-bond donors (Lipinski definition) is 5. The lowest BCUT2D eigenvalue weighted by molar-refractivity contribution is -0.258. The summed E-state index contributed by atoms with van der Waals surface area (Å²) in [6, 6.07) is 1.48. The number of phosphoric acid groups is 1. The molecule has 2 aromatic rings. The molecule has 16 nitrogen and oxygen atoms in total. The van der Waals surface area contributed by atoms with E-state index in [0.717, 1.165) is 41.5 Å². The molecule has 55 heavy (non-hydrogen) atoms. The van der Waals surface area contributed by atoms with Crippen molar-refractivity contribution in [2.45, 2.75) is 179 Å². The highest BCUT2D eigenvalue weighted by Crippen LogP contribution is 2.50. The topological polar surface area (TPSA) is 230 Å². The molecule has 2 aromatic heterocycles. The first kappa shape index (κ1) is 44.9. The zero-order valence-electron chi connectivity index (χ0n) is 32.3. The number of anilines is 1. The van der Waals surface area contributed by atoms with E-state index in [-0.39, 0.29) is 11.4 Å². The van der Waals surface area contributed by atoms with E-state index in [1.807, 2.05) is 0 Å². The first-order valence-electron chi connectivity index (χ1n) is 19.9. The first-order chi connectivity index (χ1) is 26.2. The van der Waals surface area contributed by atoms with Crippen LogP contribution in [0.2, 0.25) is 0 Å². The first-order valence-corrected chi connectivity index (χ1v) is 21.4. The van der Waals surface area contributed by atoms with Crippen molar-refractivity contribution < 1.29 is 43.0 Å². The van der Waals surface area contributed by atoms with Gasteiger partial charge in [0.2, 0.25) is 0 Å². The predicted octanol–water partition coefficient (Wildman–Crippen LogP) is 4.26. The lowest BCUT2D eigenvalue weighted by Gasteiger charge is -2.42. The van der Waals surface area contributed by atoms with Crippen LogP contribution in [0.1, 0.15) is 141 Å². The van der Waals surface area contributed by atoms with Crippen LogP contribution in [-0.2, 0) is 18.6 Å². The van der Waals surface area contributed by atoms with Gasteiger partial charge in [-0.3, -0.25) is 23.5 Å². The number of H-pyrrole nitrogens is 1. The number of halogens is 1. The van der Waals surface area contributed by atoms with Gasteiger partial charge in [0.25, 0.3) is 13.4 Å². The molecule has 4 rings (SSSR count). The summed E-state index contributed by atoms with van der Waals surface area (Å²) >= 11 is 0. The molecule has 0 aliphatic carbocycles. The monoisotopic (exact) mass is 800 g/mol. The predicted molar refractivity (Wildman–Crippen MR) is 201 cm³/mol. The van der Waals surface area contributed by atoms with Crippen LogP contribution in [0.4, 0.5) is 10.2 Å². The van der Waals surface area contributed by atoms with E-state index in [2.05, 4.69) is 22.2 Å². The minimum Gasteiger partial charge on any atom is -0.756 e. The molecule has 0 spiro atoms. The van der Waals surface area contributed by atoms with Crippen molar-refractivity contribution in [3.05, 3.63) is 55.3 Å². The molecule has 5 N–H and O–H groups in total. The number of hydrogen-bond acceptors (Lipinski definition) is 12. The van der Waals surface area contributed by atoms with Crippen molar-refractivity contribution in [1.29, 1.82) is 0 Å². The second-order valence-electron chi connectivity index (χ2n) is 15.1. The number of nitrogens with one attached hydrogen (secondary N) is 2. The maximum absolute atomic E-state index is 15.7. The van der Waals surface area contributed by atoms with Crippen molar-refractivity contribution in [2.24, 2.45) is 0 Å². The molecule has 2 aliphatic heterocycles. The molecule has 18 heteroatoms. The number of phosphoric ester groups is 1. The average molecular weight is 801 g/mol. The Labute approximate surface area is 321 Å².